The Morgan fingerprint density at radius 1 is 1.44 bits per heavy atom. The summed E-state index contributed by atoms with van der Waals surface area (Å²) in [6, 6.07) is 0. The fourth-order valence-electron chi connectivity index (χ4n) is 0.954. The number of allylic oxidation sites excluding steroid dienone is 2. The highest BCUT2D eigenvalue weighted by Crippen LogP contribution is 2.21. The third kappa shape index (κ3) is 4.68. The topological polar surface area (TPSA) is 47.6 Å². The van der Waals surface area contributed by atoms with Crippen LogP contribution in [-0.4, -0.2) is 19.1 Å². The van der Waals surface area contributed by atoms with Crippen molar-refractivity contribution in [1.82, 2.24) is 5.48 Å². The second-order valence-corrected chi connectivity index (χ2v) is 3.77. The van der Waals surface area contributed by atoms with Crippen LogP contribution < -0.4 is 5.48 Å². The third-order valence-electron chi connectivity index (χ3n) is 1.71. The van der Waals surface area contributed by atoms with Crippen molar-refractivity contribution in [2.45, 2.75) is 33.8 Å². The van der Waals surface area contributed by atoms with Gasteiger partial charge in [-0.15, -0.1) is 0 Å². The molecule has 0 atom stereocenters. The number of amides is 1. The quantitative estimate of drug-likeness (QED) is 0.351. The Morgan fingerprint density at radius 2 is 2.00 bits per heavy atom. The molecule has 0 aromatic rings. The first-order valence-electron chi connectivity index (χ1n) is 4.97. The Labute approximate surface area is 101 Å². The summed E-state index contributed by atoms with van der Waals surface area (Å²) in [6.45, 7) is 7.17. The molecule has 4 nitrogen and oxygen atoms in total. The molecule has 1 amide bonds. The van der Waals surface area contributed by atoms with Crippen molar-refractivity contribution >= 4 is 17.5 Å². The summed E-state index contributed by atoms with van der Waals surface area (Å²) in [7, 11) is 1.36. The lowest BCUT2D eigenvalue weighted by molar-refractivity contribution is -0.127. The molecule has 0 fully saturated rings. The summed E-state index contributed by atoms with van der Waals surface area (Å²) in [5, 5.41) is 0.283. The molecule has 0 heterocycles. The molecule has 16 heavy (non-hydrogen) atoms. The SMILES string of the molecule is C/C=C(OC(C)C)\C(Cl)=C(/C)C(=O)NOC. The fourth-order valence-corrected chi connectivity index (χ4v) is 1.19. The first-order chi connectivity index (χ1) is 7.43. The smallest absolute Gasteiger partial charge is 0.272 e. The largest absolute Gasteiger partial charge is 0.490 e. The Bertz CT molecular complexity index is 308. The van der Waals surface area contributed by atoms with Crippen molar-refractivity contribution in [1.29, 1.82) is 0 Å². The highest BCUT2D eigenvalue weighted by Gasteiger charge is 2.14. The van der Waals surface area contributed by atoms with Gasteiger partial charge in [0.1, 0.15) is 5.76 Å². The molecule has 0 aliphatic carbocycles. The van der Waals surface area contributed by atoms with E-state index in [1.807, 2.05) is 13.8 Å². The summed E-state index contributed by atoms with van der Waals surface area (Å²) in [6.07, 6.45) is 1.71. The maximum atomic E-state index is 11.4. The minimum Gasteiger partial charge on any atom is -0.490 e. The van der Waals surface area contributed by atoms with Gasteiger partial charge in [-0.1, -0.05) is 11.6 Å². The maximum absolute atomic E-state index is 11.4. The second-order valence-electron chi connectivity index (χ2n) is 3.39. The van der Waals surface area contributed by atoms with Gasteiger partial charge in [0.05, 0.1) is 18.2 Å². The van der Waals surface area contributed by atoms with E-state index in [1.54, 1.807) is 19.9 Å². The number of carbonyl (C=O) groups is 1. The Balaban J connectivity index is 4.90. The first kappa shape index (κ1) is 15.0. The molecule has 0 saturated heterocycles. The van der Waals surface area contributed by atoms with Crippen LogP contribution in [0.25, 0.3) is 0 Å². The molecule has 5 heteroatoms. The number of ether oxygens (including phenoxy) is 1. The molecule has 0 spiro atoms. The van der Waals surface area contributed by atoms with E-state index in [4.69, 9.17) is 16.3 Å². The van der Waals surface area contributed by atoms with Crippen LogP contribution in [0, 0.1) is 0 Å². The van der Waals surface area contributed by atoms with E-state index in [0.717, 1.165) is 0 Å². The van der Waals surface area contributed by atoms with Crippen molar-refractivity contribution in [3.63, 3.8) is 0 Å². The Hall–Kier alpha value is -1.00. The molecule has 0 rings (SSSR count). The number of hydrogen-bond donors (Lipinski definition) is 1. The number of rotatable bonds is 5. The van der Waals surface area contributed by atoms with Crippen LogP contribution in [-0.2, 0) is 14.4 Å². The van der Waals surface area contributed by atoms with Crippen LogP contribution in [0.15, 0.2) is 22.4 Å². The van der Waals surface area contributed by atoms with Crippen LogP contribution in [0.2, 0.25) is 0 Å². The van der Waals surface area contributed by atoms with E-state index in [2.05, 4.69) is 10.3 Å². The molecule has 0 aliphatic rings. The lowest BCUT2D eigenvalue weighted by atomic mass is 10.2. The van der Waals surface area contributed by atoms with Crippen LogP contribution in [0.4, 0.5) is 0 Å². The molecule has 92 valence electrons. The first-order valence-corrected chi connectivity index (χ1v) is 5.34. The van der Waals surface area contributed by atoms with Crippen LogP contribution in [0.5, 0.6) is 0 Å². The lowest BCUT2D eigenvalue weighted by Crippen LogP contribution is -2.23. The Morgan fingerprint density at radius 3 is 2.38 bits per heavy atom. The zero-order chi connectivity index (χ0) is 12.7. The molecular weight excluding hydrogens is 230 g/mol. The van der Waals surface area contributed by atoms with Crippen molar-refractivity contribution in [2.75, 3.05) is 7.11 Å². The molecule has 0 aromatic carbocycles. The van der Waals surface area contributed by atoms with E-state index >= 15 is 0 Å². The number of hydroxylamine groups is 1. The minimum atomic E-state index is -0.390. The molecule has 0 bridgehead atoms. The van der Waals surface area contributed by atoms with Gasteiger partial charge in [-0.25, -0.2) is 5.48 Å². The van der Waals surface area contributed by atoms with E-state index < -0.39 is 0 Å². The van der Waals surface area contributed by atoms with Gasteiger partial charge in [0, 0.05) is 5.57 Å². The zero-order valence-corrected chi connectivity index (χ0v) is 11.0. The standard InChI is InChI=1S/C11H18ClNO3/c1-6-9(16-7(2)3)10(12)8(4)11(14)13-15-5/h6-7H,1-5H3,(H,13,14)/b9-6+,10-8-. The monoisotopic (exact) mass is 247 g/mol. The zero-order valence-electron chi connectivity index (χ0n) is 10.3. The predicted molar refractivity (Wildman–Crippen MR) is 63.7 cm³/mol. The fraction of sp³-hybridized carbons (Fsp3) is 0.545. The summed E-state index contributed by atoms with van der Waals surface area (Å²) in [4.78, 5) is 15.9. The second kappa shape index (κ2) is 7.30. The highest BCUT2D eigenvalue weighted by molar-refractivity contribution is 6.33. The van der Waals surface area contributed by atoms with Crippen molar-refractivity contribution < 1.29 is 14.4 Å². The van der Waals surface area contributed by atoms with Crippen LogP contribution >= 0.6 is 11.6 Å². The molecular formula is C11H18ClNO3. The van der Waals surface area contributed by atoms with Crippen LogP contribution in [0.3, 0.4) is 0 Å². The third-order valence-corrected chi connectivity index (χ3v) is 2.18. The van der Waals surface area contributed by atoms with Gasteiger partial charge in [0.25, 0.3) is 5.91 Å². The molecule has 0 aromatic heterocycles. The molecule has 0 unspecified atom stereocenters. The highest BCUT2D eigenvalue weighted by atomic mass is 35.5. The summed E-state index contributed by atoms with van der Waals surface area (Å²) in [5.74, 6) is 0.0969. The van der Waals surface area contributed by atoms with Crippen molar-refractivity contribution in [3.8, 4) is 0 Å². The van der Waals surface area contributed by atoms with Crippen molar-refractivity contribution in [3.05, 3.63) is 22.4 Å². The number of halogens is 1. The van der Waals surface area contributed by atoms with Gasteiger partial charge in [0.2, 0.25) is 0 Å². The van der Waals surface area contributed by atoms with Crippen molar-refractivity contribution in [2.24, 2.45) is 0 Å². The van der Waals surface area contributed by atoms with Gasteiger partial charge in [-0.2, -0.15) is 0 Å². The number of hydrogen-bond acceptors (Lipinski definition) is 3. The summed E-state index contributed by atoms with van der Waals surface area (Å²) < 4.78 is 5.46. The van der Waals surface area contributed by atoms with Gasteiger partial charge in [-0.3, -0.25) is 9.63 Å². The number of nitrogens with one attached hydrogen (secondary N) is 1. The molecule has 0 aliphatic heterocycles. The van der Waals surface area contributed by atoms with Gasteiger partial charge in [-0.05, 0) is 33.8 Å². The van der Waals surface area contributed by atoms with Gasteiger partial charge < -0.3 is 4.74 Å². The molecule has 1 N–H and O–H groups in total. The number of carbonyl (C=O) groups excluding carboxylic acids is 1. The maximum Gasteiger partial charge on any atom is 0.272 e. The van der Waals surface area contributed by atoms with E-state index in [0.29, 0.717) is 11.3 Å². The summed E-state index contributed by atoms with van der Waals surface area (Å²) >= 11 is 6.04. The van der Waals surface area contributed by atoms with Gasteiger partial charge >= 0.3 is 0 Å². The predicted octanol–water partition coefficient (Wildman–Crippen LogP) is 2.51. The van der Waals surface area contributed by atoms with E-state index in [-0.39, 0.29) is 17.0 Å². The lowest BCUT2D eigenvalue weighted by Gasteiger charge is -2.14. The van der Waals surface area contributed by atoms with E-state index in [1.165, 1.54) is 7.11 Å². The van der Waals surface area contributed by atoms with Crippen LogP contribution in [0.1, 0.15) is 27.7 Å². The average molecular weight is 248 g/mol. The molecule has 0 radical (unpaired) electrons. The van der Waals surface area contributed by atoms with Gasteiger partial charge in [0.15, 0.2) is 0 Å². The molecule has 0 saturated carbocycles. The average Bonchev–Trinajstić information content (AvgIpc) is 2.23. The summed E-state index contributed by atoms with van der Waals surface area (Å²) in [5.41, 5.74) is 2.54. The normalized spacial score (nSPS) is 13.6. The Kier molecular flexibility index (Phi) is 6.85. The van der Waals surface area contributed by atoms with E-state index in [9.17, 15) is 4.79 Å². The minimum absolute atomic E-state index is 0.00163.